The van der Waals surface area contributed by atoms with Gasteiger partial charge in [-0.05, 0) is 42.8 Å². The highest BCUT2D eigenvalue weighted by molar-refractivity contribution is 9.09. The molecule has 17 heavy (non-hydrogen) atoms. The first kappa shape index (κ1) is 14.8. The number of benzene rings is 1. The fourth-order valence-electron chi connectivity index (χ4n) is 1.27. The van der Waals surface area contributed by atoms with Crippen LogP contribution in [-0.4, -0.2) is 8.32 Å². The Kier molecular flexibility index (Phi) is 4.47. The predicted molar refractivity (Wildman–Crippen MR) is 81.6 cm³/mol. The van der Waals surface area contributed by atoms with Crippen LogP contribution in [0.2, 0.25) is 18.1 Å². The molecule has 0 saturated carbocycles. The molecule has 0 aliphatic rings. The predicted octanol–water partition coefficient (Wildman–Crippen LogP) is 5.53. The van der Waals surface area contributed by atoms with Crippen LogP contribution in [0.3, 0.4) is 0 Å². The van der Waals surface area contributed by atoms with Crippen molar-refractivity contribution in [2.75, 3.05) is 0 Å². The topological polar surface area (TPSA) is 9.23 Å². The van der Waals surface area contributed by atoms with Crippen molar-refractivity contribution in [2.45, 2.75) is 50.7 Å². The van der Waals surface area contributed by atoms with Crippen LogP contribution in [0.25, 0.3) is 0 Å². The molecular weight excluding hydrogens is 292 g/mol. The number of alkyl halides is 1. The fraction of sp³-hybridized carbons (Fsp3) is 0.571. The lowest BCUT2D eigenvalue weighted by molar-refractivity contribution is 0.491. The first-order valence-corrected chi connectivity index (χ1v) is 9.89. The van der Waals surface area contributed by atoms with Gasteiger partial charge in [0, 0.05) is 4.83 Å². The molecule has 0 spiro atoms. The Balaban J connectivity index is 2.92. The summed E-state index contributed by atoms with van der Waals surface area (Å²) in [5.74, 6) is 1.00. The Morgan fingerprint density at radius 3 is 2.29 bits per heavy atom. The van der Waals surface area contributed by atoms with Crippen LogP contribution in [0.1, 0.15) is 38.1 Å². The largest absolute Gasteiger partial charge is 0.543 e. The summed E-state index contributed by atoms with van der Waals surface area (Å²) in [6.45, 7) is 13.5. The van der Waals surface area contributed by atoms with E-state index in [-0.39, 0.29) is 5.04 Å². The van der Waals surface area contributed by atoms with Crippen LogP contribution in [0.5, 0.6) is 5.75 Å². The van der Waals surface area contributed by atoms with Gasteiger partial charge in [0.1, 0.15) is 5.75 Å². The fourth-order valence-corrected chi connectivity index (χ4v) is 2.58. The smallest absolute Gasteiger partial charge is 0.250 e. The quantitative estimate of drug-likeness (QED) is 0.526. The lowest BCUT2D eigenvalue weighted by atomic mass is 10.2. The lowest BCUT2D eigenvalue weighted by Crippen LogP contribution is -2.43. The van der Waals surface area contributed by atoms with Crippen LogP contribution in [0, 0.1) is 0 Å². The molecule has 1 unspecified atom stereocenters. The summed E-state index contributed by atoms with van der Waals surface area (Å²) in [5, 5.41) is 0.239. The third-order valence-corrected chi connectivity index (χ3v) is 8.38. The summed E-state index contributed by atoms with van der Waals surface area (Å²) in [7, 11) is -1.72. The second kappa shape index (κ2) is 5.15. The van der Waals surface area contributed by atoms with Gasteiger partial charge in [0.05, 0.1) is 0 Å². The summed E-state index contributed by atoms with van der Waals surface area (Å²) in [4.78, 5) is 0.366. The molecule has 0 bridgehead atoms. The Hall–Kier alpha value is -0.283. The van der Waals surface area contributed by atoms with E-state index in [0.29, 0.717) is 4.83 Å². The zero-order valence-electron chi connectivity index (χ0n) is 11.7. The van der Waals surface area contributed by atoms with Crippen molar-refractivity contribution in [1.82, 2.24) is 0 Å². The maximum Gasteiger partial charge on any atom is 0.250 e. The van der Waals surface area contributed by atoms with Gasteiger partial charge in [-0.1, -0.05) is 48.8 Å². The van der Waals surface area contributed by atoms with Gasteiger partial charge in [-0.15, -0.1) is 0 Å². The van der Waals surface area contributed by atoms with Crippen LogP contribution < -0.4 is 4.43 Å². The van der Waals surface area contributed by atoms with Crippen LogP contribution in [0.15, 0.2) is 24.3 Å². The van der Waals surface area contributed by atoms with Gasteiger partial charge in [0.15, 0.2) is 0 Å². The summed E-state index contributed by atoms with van der Waals surface area (Å²) in [6, 6.07) is 8.38. The van der Waals surface area contributed by atoms with E-state index in [2.05, 4.69) is 81.0 Å². The Morgan fingerprint density at radius 2 is 1.82 bits per heavy atom. The molecule has 0 radical (unpaired) electrons. The molecule has 0 aliphatic carbocycles. The molecule has 0 fully saturated rings. The molecule has 1 aromatic carbocycles. The highest BCUT2D eigenvalue weighted by Crippen LogP contribution is 2.37. The van der Waals surface area contributed by atoms with E-state index >= 15 is 0 Å². The van der Waals surface area contributed by atoms with Crippen LogP contribution in [-0.2, 0) is 0 Å². The summed E-state index contributed by atoms with van der Waals surface area (Å²) in [6.07, 6.45) is 0. The maximum atomic E-state index is 6.28. The highest BCUT2D eigenvalue weighted by Gasteiger charge is 2.38. The number of halogens is 1. The van der Waals surface area contributed by atoms with E-state index in [1.165, 1.54) is 5.56 Å². The van der Waals surface area contributed by atoms with Crippen molar-refractivity contribution in [2.24, 2.45) is 0 Å². The molecule has 0 aliphatic heterocycles. The minimum absolute atomic E-state index is 0.239. The molecule has 1 aromatic rings. The van der Waals surface area contributed by atoms with Crippen molar-refractivity contribution in [3.63, 3.8) is 0 Å². The monoisotopic (exact) mass is 314 g/mol. The van der Waals surface area contributed by atoms with E-state index in [1.54, 1.807) is 0 Å². The molecule has 96 valence electrons. The second-order valence-corrected chi connectivity index (χ2v) is 12.1. The Bertz CT molecular complexity index is 380. The van der Waals surface area contributed by atoms with Crippen LogP contribution in [0.4, 0.5) is 0 Å². The lowest BCUT2D eigenvalue weighted by Gasteiger charge is -2.36. The zero-order valence-corrected chi connectivity index (χ0v) is 14.3. The van der Waals surface area contributed by atoms with Gasteiger partial charge >= 0.3 is 0 Å². The first-order valence-electron chi connectivity index (χ1n) is 6.06. The molecule has 1 atom stereocenters. The SMILES string of the molecule is CC(Br)c1cccc(O[Si](C)(C)C(C)(C)C)c1. The molecule has 0 N–H and O–H groups in total. The van der Waals surface area contributed by atoms with Gasteiger partial charge in [-0.3, -0.25) is 0 Å². The number of rotatable bonds is 3. The minimum Gasteiger partial charge on any atom is -0.543 e. The van der Waals surface area contributed by atoms with E-state index in [1.807, 2.05) is 0 Å². The van der Waals surface area contributed by atoms with Gasteiger partial charge in [-0.2, -0.15) is 0 Å². The molecule has 3 heteroatoms. The third-order valence-electron chi connectivity index (χ3n) is 3.50. The highest BCUT2D eigenvalue weighted by atomic mass is 79.9. The van der Waals surface area contributed by atoms with Gasteiger partial charge in [0.2, 0.25) is 8.32 Å². The van der Waals surface area contributed by atoms with Gasteiger partial charge < -0.3 is 4.43 Å². The normalized spacial score (nSPS) is 14.5. The number of hydrogen-bond donors (Lipinski definition) is 0. The Labute approximate surface area is 115 Å². The van der Waals surface area contributed by atoms with Gasteiger partial charge in [0.25, 0.3) is 0 Å². The summed E-state index contributed by atoms with van der Waals surface area (Å²) < 4.78 is 6.28. The Morgan fingerprint density at radius 1 is 1.24 bits per heavy atom. The van der Waals surface area contributed by atoms with Gasteiger partial charge in [-0.25, -0.2) is 0 Å². The third kappa shape index (κ3) is 3.85. The van der Waals surface area contributed by atoms with Crippen molar-refractivity contribution in [1.29, 1.82) is 0 Å². The molecule has 1 rings (SSSR count). The summed E-state index contributed by atoms with van der Waals surface area (Å²) in [5.41, 5.74) is 1.27. The van der Waals surface area contributed by atoms with E-state index < -0.39 is 8.32 Å². The zero-order chi connectivity index (χ0) is 13.3. The van der Waals surface area contributed by atoms with Crippen LogP contribution >= 0.6 is 15.9 Å². The summed E-state index contributed by atoms with van der Waals surface area (Å²) >= 11 is 3.59. The standard InChI is InChI=1S/C14H23BrOSi/c1-11(15)12-8-7-9-13(10-12)16-17(5,6)14(2,3)4/h7-11H,1-6H3. The average molecular weight is 315 g/mol. The first-order chi connectivity index (χ1) is 7.63. The van der Waals surface area contributed by atoms with Crippen molar-refractivity contribution in [3.8, 4) is 5.75 Å². The minimum atomic E-state index is -1.72. The van der Waals surface area contributed by atoms with Crippen molar-refractivity contribution >= 4 is 24.2 Å². The molecule has 0 saturated heterocycles. The maximum absolute atomic E-state index is 6.28. The molecule has 1 nitrogen and oxygen atoms in total. The molecule has 0 heterocycles. The second-order valence-electron chi connectivity index (χ2n) is 6.05. The van der Waals surface area contributed by atoms with E-state index in [9.17, 15) is 0 Å². The van der Waals surface area contributed by atoms with E-state index in [0.717, 1.165) is 5.75 Å². The van der Waals surface area contributed by atoms with E-state index in [4.69, 9.17) is 4.43 Å². The number of hydrogen-bond acceptors (Lipinski definition) is 1. The molecular formula is C14H23BrOSi. The average Bonchev–Trinajstić information content (AvgIpc) is 2.15. The molecule has 0 amide bonds. The van der Waals surface area contributed by atoms with Crippen molar-refractivity contribution < 1.29 is 4.43 Å². The molecule has 0 aromatic heterocycles. The van der Waals surface area contributed by atoms with Crippen molar-refractivity contribution in [3.05, 3.63) is 29.8 Å².